The van der Waals surface area contributed by atoms with Gasteiger partial charge in [0.15, 0.2) is 0 Å². The number of fused-ring (bicyclic) bond motifs is 1. The Balaban J connectivity index is 2.27. The van der Waals surface area contributed by atoms with Crippen molar-refractivity contribution in [2.75, 3.05) is 13.7 Å². The van der Waals surface area contributed by atoms with Crippen LogP contribution in [0.2, 0.25) is 0 Å². The Morgan fingerprint density at radius 2 is 2.22 bits per heavy atom. The van der Waals surface area contributed by atoms with Gasteiger partial charge in [0, 0.05) is 13.1 Å². The maximum Gasteiger partial charge on any atom is 0.409 e. The third-order valence-corrected chi connectivity index (χ3v) is 3.22. The largest absolute Gasteiger partial charge is 0.453 e. The molecule has 0 aromatic heterocycles. The molecule has 1 aromatic rings. The van der Waals surface area contributed by atoms with Crippen molar-refractivity contribution in [2.24, 2.45) is 5.16 Å². The second-order valence-electron chi connectivity index (χ2n) is 4.31. The lowest BCUT2D eigenvalue weighted by atomic mass is 9.96. The van der Waals surface area contributed by atoms with Crippen LogP contribution in [-0.4, -0.2) is 35.6 Å². The fraction of sp³-hybridized carbons (Fsp3) is 0.385. The maximum absolute atomic E-state index is 11.5. The van der Waals surface area contributed by atoms with Crippen LogP contribution in [0, 0.1) is 0 Å². The lowest BCUT2D eigenvalue weighted by molar-refractivity contribution is 0.118. The van der Waals surface area contributed by atoms with Crippen LogP contribution in [0.25, 0.3) is 0 Å². The predicted octanol–water partition coefficient (Wildman–Crippen LogP) is 2.01. The smallest absolute Gasteiger partial charge is 0.409 e. The monoisotopic (exact) mass is 248 g/mol. The summed E-state index contributed by atoms with van der Waals surface area (Å²) >= 11 is 0. The van der Waals surface area contributed by atoms with Gasteiger partial charge in [-0.05, 0) is 36.1 Å². The van der Waals surface area contributed by atoms with E-state index in [-0.39, 0.29) is 6.09 Å². The lowest BCUT2D eigenvalue weighted by Crippen LogP contribution is -2.35. The molecule has 0 bridgehead atoms. The summed E-state index contributed by atoms with van der Waals surface area (Å²) in [4.78, 5) is 13.2. The first kappa shape index (κ1) is 12.4. The summed E-state index contributed by atoms with van der Waals surface area (Å²) in [6.07, 6.45) is 0.513. The molecule has 18 heavy (non-hydrogen) atoms. The minimum Gasteiger partial charge on any atom is -0.453 e. The van der Waals surface area contributed by atoms with Gasteiger partial charge in [0.1, 0.15) is 0 Å². The molecule has 5 nitrogen and oxygen atoms in total. The predicted molar refractivity (Wildman–Crippen MR) is 67.0 cm³/mol. The summed E-state index contributed by atoms with van der Waals surface area (Å²) in [5, 5.41) is 12.0. The number of amides is 1. The molecule has 1 amide bonds. The number of ether oxygens (including phenoxy) is 1. The molecule has 1 N–H and O–H groups in total. The van der Waals surface area contributed by atoms with Gasteiger partial charge in [0.25, 0.3) is 0 Å². The van der Waals surface area contributed by atoms with Crippen molar-refractivity contribution in [2.45, 2.75) is 19.9 Å². The zero-order chi connectivity index (χ0) is 13.1. The van der Waals surface area contributed by atoms with Gasteiger partial charge < -0.3 is 14.8 Å². The van der Waals surface area contributed by atoms with Crippen molar-refractivity contribution in [1.29, 1.82) is 0 Å². The Hall–Kier alpha value is -2.04. The molecule has 1 heterocycles. The molecule has 1 aromatic carbocycles. The van der Waals surface area contributed by atoms with Gasteiger partial charge in [-0.15, -0.1) is 0 Å². The standard InChI is InChI=1S/C13H16N2O3/c1-9(14-17)11-4-3-10-5-6-15(13(16)18-2)8-12(10)7-11/h3-4,7,17H,5-6,8H2,1-2H3/b14-9-. The molecule has 0 unspecified atom stereocenters. The molecular weight excluding hydrogens is 232 g/mol. The molecule has 0 radical (unpaired) electrons. The number of oxime groups is 1. The number of benzene rings is 1. The van der Waals surface area contributed by atoms with Crippen LogP contribution >= 0.6 is 0 Å². The van der Waals surface area contributed by atoms with Crippen molar-refractivity contribution >= 4 is 11.8 Å². The second kappa shape index (κ2) is 5.08. The molecule has 0 spiro atoms. The first-order chi connectivity index (χ1) is 8.65. The quantitative estimate of drug-likeness (QED) is 0.470. The summed E-state index contributed by atoms with van der Waals surface area (Å²) in [7, 11) is 1.39. The van der Waals surface area contributed by atoms with Gasteiger partial charge >= 0.3 is 6.09 Å². The Labute approximate surface area is 106 Å². The third-order valence-electron chi connectivity index (χ3n) is 3.22. The highest BCUT2D eigenvalue weighted by atomic mass is 16.5. The van der Waals surface area contributed by atoms with Crippen LogP contribution in [0.15, 0.2) is 23.4 Å². The Bertz CT molecular complexity index is 497. The number of carbonyl (C=O) groups is 1. The highest BCUT2D eigenvalue weighted by molar-refractivity contribution is 5.98. The summed E-state index contributed by atoms with van der Waals surface area (Å²) in [6.45, 7) is 2.95. The zero-order valence-electron chi connectivity index (χ0n) is 10.5. The van der Waals surface area contributed by atoms with Crippen LogP contribution in [0.4, 0.5) is 4.79 Å². The van der Waals surface area contributed by atoms with Crippen molar-refractivity contribution < 1.29 is 14.7 Å². The van der Waals surface area contributed by atoms with Crippen molar-refractivity contribution in [1.82, 2.24) is 4.90 Å². The Morgan fingerprint density at radius 1 is 1.44 bits per heavy atom. The van der Waals surface area contributed by atoms with E-state index in [2.05, 4.69) is 5.16 Å². The lowest BCUT2D eigenvalue weighted by Gasteiger charge is -2.27. The van der Waals surface area contributed by atoms with E-state index in [1.54, 1.807) is 11.8 Å². The number of carbonyl (C=O) groups excluding carboxylic acids is 1. The third kappa shape index (κ3) is 2.30. The fourth-order valence-electron chi connectivity index (χ4n) is 2.12. The van der Waals surface area contributed by atoms with Crippen molar-refractivity contribution in [3.63, 3.8) is 0 Å². The zero-order valence-corrected chi connectivity index (χ0v) is 10.5. The van der Waals surface area contributed by atoms with E-state index in [0.29, 0.717) is 18.8 Å². The molecule has 2 rings (SSSR count). The Kier molecular flexibility index (Phi) is 3.50. The molecule has 0 atom stereocenters. The highest BCUT2D eigenvalue weighted by Gasteiger charge is 2.21. The fourth-order valence-corrected chi connectivity index (χ4v) is 2.12. The first-order valence-electron chi connectivity index (χ1n) is 5.79. The minimum atomic E-state index is -0.307. The SMILES string of the molecule is COC(=O)N1CCc2ccc(/C(C)=N\O)cc2C1. The van der Waals surface area contributed by atoms with Gasteiger partial charge in [-0.3, -0.25) is 0 Å². The normalized spacial score (nSPS) is 15.2. The van der Waals surface area contributed by atoms with Crippen LogP contribution in [0.1, 0.15) is 23.6 Å². The van der Waals surface area contributed by atoms with E-state index in [1.807, 2.05) is 18.2 Å². The summed E-state index contributed by atoms with van der Waals surface area (Å²) in [5.41, 5.74) is 3.73. The molecular formula is C13H16N2O3. The van der Waals surface area contributed by atoms with Crippen LogP contribution in [-0.2, 0) is 17.7 Å². The van der Waals surface area contributed by atoms with Gasteiger partial charge in [0.05, 0.1) is 12.8 Å². The van der Waals surface area contributed by atoms with Crippen molar-refractivity contribution in [3.05, 3.63) is 34.9 Å². The molecule has 5 heteroatoms. The van der Waals surface area contributed by atoms with Crippen molar-refractivity contribution in [3.8, 4) is 0 Å². The van der Waals surface area contributed by atoms with Gasteiger partial charge in [-0.25, -0.2) is 4.79 Å². The average molecular weight is 248 g/mol. The van der Waals surface area contributed by atoms with E-state index in [1.165, 1.54) is 12.7 Å². The van der Waals surface area contributed by atoms with E-state index >= 15 is 0 Å². The van der Waals surface area contributed by atoms with E-state index in [9.17, 15) is 4.79 Å². The summed E-state index contributed by atoms with van der Waals surface area (Å²) in [5.74, 6) is 0. The van der Waals surface area contributed by atoms with Gasteiger partial charge in [-0.2, -0.15) is 0 Å². The first-order valence-corrected chi connectivity index (χ1v) is 5.79. The summed E-state index contributed by atoms with van der Waals surface area (Å²) < 4.78 is 4.73. The van der Waals surface area contributed by atoms with Crippen LogP contribution < -0.4 is 0 Å². The van der Waals surface area contributed by atoms with Gasteiger partial charge in [-0.1, -0.05) is 17.3 Å². The van der Waals surface area contributed by atoms with E-state index in [0.717, 1.165) is 17.5 Å². The number of nitrogens with zero attached hydrogens (tertiary/aromatic N) is 2. The summed E-state index contributed by atoms with van der Waals surface area (Å²) in [6, 6.07) is 5.91. The minimum absolute atomic E-state index is 0.307. The number of methoxy groups -OCH3 is 1. The second-order valence-corrected chi connectivity index (χ2v) is 4.31. The number of rotatable bonds is 1. The van der Waals surface area contributed by atoms with Gasteiger partial charge in [0.2, 0.25) is 0 Å². The topological polar surface area (TPSA) is 62.1 Å². The average Bonchev–Trinajstić information content (AvgIpc) is 2.44. The molecule has 0 saturated heterocycles. The molecule has 0 aliphatic carbocycles. The number of hydrogen-bond acceptors (Lipinski definition) is 4. The molecule has 96 valence electrons. The van der Waals surface area contributed by atoms with Crippen LogP contribution in [0.5, 0.6) is 0 Å². The molecule has 1 aliphatic rings. The maximum atomic E-state index is 11.5. The molecule has 0 fully saturated rings. The Morgan fingerprint density at radius 3 is 2.89 bits per heavy atom. The highest BCUT2D eigenvalue weighted by Crippen LogP contribution is 2.21. The van der Waals surface area contributed by atoms with E-state index in [4.69, 9.17) is 9.94 Å². The number of hydrogen-bond donors (Lipinski definition) is 1. The van der Waals surface area contributed by atoms with E-state index < -0.39 is 0 Å². The molecule has 1 aliphatic heterocycles. The van der Waals surface area contributed by atoms with Crippen LogP contribution in [0.3, 0.4) is 0 Å². The molecule has 0 saturated carbocycles.